The number of hydrogen-bond acceptors (Lipinski definition) is 4. The van der Waals surface area contributed by atoms with Gasteiger partial charge in [-0.3, -0.25) is 0 Å². The van der Waals surface area contributed by atoms with Gasteiger partial charge in [0.25, 0.3) is 0 Å². The Morgan fingerprint density at radius 1 is 1.25 bits per heavy atom. The number of benzene rings is 2. The molecule has 0 saturated heterocycles. The third kappa shape index (κ3) is 4.77. The van der Waals surface area contributed by atoms with Gasteiger partial charge in [0.1, 0.15) is 24.2 Å². The van der Waals surface area contributed by atoms with E-state index in [2.05, 4.69) is 5.29 Å². The largest absolute Gasteiger partial charge is 0.489 e. The highest BCUT2D eigenvalue weighted by molar-refractivity contribution is 5.72. The second kappa shape index (κ2) is 8.05. The standard InChI is InChI=1S/C17H17FN2O4/c1-12(17(21)22)20(19-23)10-13-5-7-16(8-6-13)24-11-14-3-2-4-15(18)9-14/h2-9,12H,10-11H2,1H3,(H,21,22). The first-order chi connectivity index (χ1) is 11.5. The second-order valence-corrected chi connectivity index (χ2v) is 5.26. The predicted molar refractivity (Wildman–Crippen MR) is 85.6 cm³/mol. The molecule has 0 spiro atoms. The van der Waals surface area contributed by atoms with Crippen molar-refractivity contribution < 1.29 is 19.0 Å². The molecule has 0 heterocycles. The van der Waals surface area contributed by atoms with Crippen molar-refractivity contribution in [2.75, 3.05) is 0 Å². The molecule has 0 bridgehead atoms. The Morgan fingerprint density at radius 2 is 1.96 bits per heavy atom. The smallest absolute Gasteiger partial charge is 0.327 e. The van der Waals surface area contributed by atoms with E-state index in [9.17, 15) is 14.1 Å². The molecule has 7 heteroatoms. The van der Waals surface area contributed by atoms with E-state index in [1.54, 1.807) is 36.4 Å². The van der Waals surface area contributed by atoms with Crippen LogP contribution in [-0.2, 0) is 17.9 Å². The summed E-state index contributed by atoms with van der Waals surface area (Å²) in [4.78, 5) is 21.7. The van der Waals surface area contributed by atoms with Crippen LogP contribution in [0, 0.1) is 10.7 Å². The number of aliphatic carboxylic acids is 1. The van der Waals surface area contributed by atoms with Gasteiger partial charge in [0, 0.05) is 0 Å². The van der Waals surface area contributed by atoms with E-state index < -0.39 is 12.0 Å². The van der Waals surface area contributed by atoms with Gasteiger partial charge in [-0.05, 0) is 42.3 Å². The molecule has 1 N–H and O–H groups in total. The highest BCUT2D eigenvalue weighted by atomic mass is 19.1. The van der Waals surface area contributed by atoms with Crippen molar-refractivity contribution in [3.05, 3.63) is 70.4 Å². The molecule has 24 heavy (non-hydrogen) atoms. The van der Waals surface area contributed by atoms with Gasteiger partial charge in [0.15, 0.2) is 0 Å². The summed E-state index contributed by atoms with van der Waals surface area (Å²) in [6.07, 6.45) is 0. The van der Waals surface area contributed by atoms with Crippen LogP contribution in [0.15, 0.2) is 53.8 Å². The van der Waals surface area contributed by atoms with Crippen molar-refractivity contribution in [2.24, 2.45) is 5.29 Å². The van der Waals surface area contributed by atoms with Gasteiger partial charge in [-0.15, -0.1) is 4.91 Å². The molecule has 0 saturated carbocycles. The first kappa shape index (κ1) is 17.4. The molecule has 0 aliphatic rings. The van der Waals surface area contributed by atoms with Crippen LogP contribution >= 0.6 is 0 Å². The van der Waals surface area contributed by atoms with Crippen LogP contribution in [0.3, 0.4) is 0 Å². The van der Waals surface area contributed by atoms with Gasteiger partial charge in [-0.2, -0.15) is 0 Å². The summed E-state index contributed by atoms with van der Waals surface area (Å²) >= 11 is 0. The van der Waals surface area contributed by atoms with E-state index in [1.807, 2.05) is 0 Å². The fraction of sp³-hybridized carbons (Fsp3) is 0.235. The van der Waals surface area contributed by atoms with E-state index in [1.165, 1.54) is 19.1 Å². The molecule has 0 aromatic heterocycles. The average molecular weight is 332 g/mol. The van der Waals surface area contributed by atoms with Crippen molar-refractivity contribution in [2.45, 2.75) is 26.1 Å². The minimum atomic E-state index is -1.12. The topological polar surface area (TPSA) is 79.2 Å². The van der Waals surface area contributed by atoms with Gasteiger partial charge in [-0.1, -0.05) is 24.3 Å². The molecule has 2 rings (SSSR count). The number of carboxylic acid groups (broad SMARTS) is 1. The maximum Gasteiger partial charge on any atom is 0.327 e. The highest BCUT2D eigenvalue weighted by Gasteiger charge is 2.20. The Balaban J connectivity index is 1.95. The molecule has 0 radical (unpaired) electrons. The van der Waals surface area contributed by atoms with Crippen LogP contribution in [0.1, 0.15) is 18.1 Å². The van der Waals surface area contributed by atoms with E-state index in [0.29, 0.717) is 11.3 Å². The van der Waals surface area contributed by atoms with Crippen LogP contribution in [0.4, 0.5) is 4.39 Å². The Kier molecular flexibility index (Phi) is 5.83. The molecule has 126 valence electrons. The number of carboxylic acids is 1. The lowest BCUT2D eigenvalue weighted by Gasteiger charge is -2.19. The molecule has 0 fully saturated rings. The molecule has 0 amide bonds. The van der Waals surface area contributed by atoms with Crippen molar-refractivity contribution in [1.29, 1.82) is 0 Å². The molecular formula is C17H17FN2O4. The number of ether oxygens (including phenoxy) is 1. The van der Waals surface area contributed by atoms with Crippen LogP contribution < -0.4 is 4.74 Å². The minimum absolute atomic E-state index is 0.0845. The maximum atomic E-state index is 13.1. The minimum Gasteiger partial charge on any atom is -0.489 e. The second-order valence-electron chi connectivity index (χ2n) is 5.26. The van der Waals surface area contributed by atoms with Gasteiger partial charge >= 0.3 is 5.97 Å². The Morgan fingerprint density at radius 3 is 2.54 bits per heavy atom. The normalized spacial score (nSPS) is 11.6. The SMILES string of the molecule is CC(C(=O)O)N(Cc1ccc(OCc2cccc(F)c2)cc1)N=O. The molecule has 2 aromatic carbocycles. The highest BCUT2D eigenvalue weighted by Crippen LogP contribution is 2.17. The molecule has 2 aromatic rings. The van der Waals surface area contributed by atoms with Crippen molar-refractivity contribution in [3.8, 4) is 5.75 Å². The lowest BCUT2D eigenvalue weighted by Crippen LogP contribution is -2.34. The zero-order chi connectivity index (χ0) is 17.5. The van der Waals surface area contributed by atoms with E-state index in [0.717, 1.165) is 10.6 Å². The van der Waals surface area contributed by atoms with E-state index >= 15 is 0 Å². The molecule has 6 nitrogen and oxygen atoms in total. The van der Waals surface area contributed by atoms with Crippen LogP contribution in [0.25, 0.3) is 0 Å². The zero-order valence-corrected chi connectivity index (χ0v) is 13.1. The third-order valence-corrected chi connectivity index (χ3v) is 3.47. The first-order valence-corrected chi connectivity index (χ1v) is 7.28. The quantitative estimate of drug-likeness (QED) is 0.592. The van der Waals surface area contributed by atoms with E-state index in [4.69, 9.17) is 9.84 Å². The van der Waals surface area contributed by atoms with Crippen LogP contribution in [0.2, 0.25) is 0 Å². The number of nitroso groups, excluding NO2 is 1. The summed E-state index contributed by atoms with van der Waals surface area (Å²) in [7, 11) is 0. The summed E-state index contributed by atoms with van der Waals surface area (Å²) in [5, 5.41) is 12.6. The summed E-state index contributed by atoms with van der Waals surface area (Å²) < 4.78 is 18.6. The molecule has 1 unspecified atom stereocenters. The zero-order valence-electron chi connectivity index (χ0n) is 13.1. The van der Waals surface area contributed by atoms with Gasteiger partial charge in [0.2, 0.25) is 0 Å². The number of hydrogen-bond donors (Lipinski definition) is 1. The van der Waals surface area contributed by atoms with Gasteiger partial charge in [0.05, 0.1) is 11.8 Å². The maximum absolute atomic E-state index is 13.1. The fourth-order valence-electron chi connectivity index (χ4n) is 2.04. The summed E-state index contributed by atoms with van der Waals surface area (Å²) in [6.45, 7) is 1.70. The Bertz CT molecular complexity index is 706. The molecule has 1 atom stereocenters. The summed E-state index contributed by atoms with van der Waals surface area (Å²) in [5.41, 5.74) is 1.44. The Hall–Kier alpha value is -2.96. The number of nitrogens with zero attached hydrogens (tertiary/aromatic N) is 2. The van der Waals surface area contributed by atoms with Crippen LogP contribution in [0.5, 0.6) is 5.75 Å². The number of carbonyl (C=O) groups is 1. The predicted octanol–water partition coefficient (Wildman–Crippen LogP) is 3.36. The molecular weight excluding hydrogens is 315 g/mol. The molecule has 0 aliphatic carbocycles. The Labute approximate surface area is 138 Å². The lowest BCUT2D eigenvalue weighted by atomic mass is 10.2. The van der Waals surface area contributed by atoms with E-state index in [-0.39, 0.29) is 19.0 Å². The van der Waals surface area contributed by atoms with Gasteiger partial charge < -0.3 is 9.84 Å². The van der Waals surface area contributed by atoms with Crippen molar-refractivity contribution >= 4 is 5.97 Å². The summed E-state index contributed by atoms with van der Waals surface area (Å²) in [6, 6.07) is 12.0. The molecule has 0 aliphatic heterocycles. The number of halogens is 1. The average Bonchev–Trinajstić information content (AvgIpc) is 2.58. The third-order valence-electron chi connectivity index (χ3n) is 3.47. The lowest BCUT2D eigenvalue weighted by molar-refractivity contribution is -0.142. The monoisotopic (exact) mass is 332 g/mol. The number of rotatable bonds is 8. The fourth-order valence-corrected chi connectivity index (χ4v) is 2.04. The summed E-state index contributed by atoms with van der Waals surface area (Å²) in [5.74, 6) is -0.856. The van der Waals surface area contributed by atoms with Crippen molar-refractivity contribution in [3.63, 3.8) is 0 Å². The van der Waals surface area contributed by atoms with Gasteiger partial charge in [-0.25, -0.2) is 14.2 Å². The van der Waals surface area contributed by atoms with Crippen LogP contribution in [-0.4, -0.2) is 22.1 Å². The first-order valence-electron chi connectivity index (χ1n) is 7.28. The van der Waals surface area contributed by atoms with Crippen molar-refractivity contribution in [1.82, 2.24) is 5.01 Å².